The smallest absolute Gasteiger partial charge is 0.227 e. The van der Waals surface area contributed by atoms with Gasteiger partial charge in [-0.15, -0.1) is 0 Å². The van der Waals surface area contributed by atoms with Crippen LogP contribution < -0.4 is 9.64 Å². The van der Waals surface area contributed by atoms with Gasteiger partial charge >= 0.3 is 0 Å². The van der Waals surface area contributed by atoms with Crippen LogP contribution in [0.1, 0.15) is 30.9 Å². The molecule has 1 aromatic carbocycles. The third kappa shape index (κ3) is 4.10. The van der Waals surface area contributed by atoms with Gasteiger partial charge in [-0.25, -0.2) is 0 Å². The molecular weight excluding hydrogens is 342 g/mol. The van der Waals surface area contributed by atoms with E-state index < -0.39 is 0 Å². The van der Waals surface area contributed by atoms with Crippen LogP contribution in [-0.2, 0) is 22.6 Å². The molecule has 1 atom stereocenters. The first-order valence-electron chi connectivity index (χ1n) is 10.2. The van der Waals surface area contributed by atoms with E-state index >= 15 is 0 Å². The summed E-state index contributed by atoms with van der Waals surface area (Å²) >= 11 is 0. The van der Waals surface area contributed by atoms with Crippen LogP contribution in [0.4, 0.5) is 0 Å². The van der Waals surface area contributed by atoms with Gasteiger partial charge in [-0.1, -0.05) is 0 Å². The maximum Gasteiger partial charge on any atom is 0.227 e. The molecule has 6 nitrogen and oxygen atoms in total. The summed E-state index contributed by atoms with van der Waals surface area (Å²) in [6.07, 6.45) is 2.86. The van der Waals surface area contributed by atoms with E-state index in [-0.39, 0.29) is 17.7 Å². The quantitative estimate of drug-likeness (QED) is 0.819. The van der Waals surface area contributed by atoms with Gasteiger partial charge < -0.3 is 19.4 Å². The summed E-state index contributed by atoms with van der Waals surface area (Å²) in [5, 5.41) is 0. The number of carbonyl (C=O) groups excluding carboxylic acids is 2. The van der Waals surface area contributed by atoms with Crippen LogP contribution in [0.3, 0.4) is 0 Å². The number of rotatable bonds is 3. The predicted molar refractivity (Wildman–Crippen MR) is 102 cm³/mol. The molecule has 2 fully saturated rings. The van der Waals surface area contributed by atoms with Gasteiger partial charge in [0.25, 0.3) is 0 Å². The van der Waals surface area contributed by atoms with Gasteiger partial charge in [0.15, 0.2) is 0 Å². The van der Waals surface area contributed by atoms with Crippen LogP contribution in [-0.4, -0.2) is 67.5 Å². The molecule has 4 rings (SSSR count). The summed E-state index contributed by atoms with van der Waals surface area (Å²) in [7, 11) is 0. The zero-order chi connectivity index (χ0) is 18.8. The van der Waals surface area contributed by atoms with Gasteiger partial charge in [0, 0.05) is 32.0 Å². The Kier molecular flexibility index (Phi) is 5.34. The van der Waals surface area contributed by atoms with E-state index in [4.69, 9.17) is 4.74 Å². The van der Waals surface area contributed by atoms with E-state index in [1.165, 1.54) is 16.0 Å². The lowest BCUT2D eigenvalue weighted by Crippen LogP contribution is -3.13. The van der Waals surface area contributed by atoms with Crippen LogP contribution >= 0.6 is 0 Å². The largest absolute Gasteiger partial charge is 0.493 e. The normalized spacial score (nSPS) is 23.1. The fourth-order valence-corrected chi connectivity index (χ4v) is 4.58. The van der Waals surface area contributed by atoms with Crippen LogP contribution in [0.2, 0.25) is 0 Å². The number of piperazine rings is 1. The molecule has 3 aliphatic rings. The average molecular weight is 372 g/mol. The van der Waals surface area contributed by atoms with Gasteiger partial charge in [0.2, 0.25) is 11.8 Å². The molecular formula is C21H30N3O3+. The molecule has 0 aromatic heterocycles. The average Bonchev–Trinajstić information content (AvgIpc) is 3.16. The molecule has 27 heavy (non-hydrogen) atoms. The van der Waals surface area contributed by atoms with Crippen molar-refractivity contribution in [2.24, 2.45) is 5.92 Å². The van der Waals surface area contributed by atoms with Crippen LogP contribution in [0, 0.1) is 5.92 Å². The number of benzene rings is 1. The first-order chi connectivity index (χ1) is 13.1. The van der Waals surface area contributed by atoms with Crippen LogP contribution in [0.5, 0.6) is 5.75 Å². The molecule has 3 heterocycles. The van der Waals surface area contributed by atoms with Crippen LogP contribution in [0.15, 0.2) is 18.2 Å². The molecule has 6 heteroatoms. The number of fused-ring (bicyclic) bond motifs is 1. The molecule has 1 aromatic rings. The molecule has 3 aliphatic heterocycles. The first kappa shape index (κ1) is 18.3. The highest BCUT2D eigenvalue weighted by Gasteiger charge is 2.32. The van der Waals surface area contributed by atoms with E-state index in [1.54, 1.807) is 6.92 Å². The Balaban J connectivity index is 1.28. The van der Waals surface area contributed by atoms with E-state index in [9.17, 15) is 9.59 Å². The van der Waals surface area contributed by atoms with Crippen molar-refractivity contribution < 1.29 is 19.2 Å². The minimum Gasteiger partial charge on any atom is -0.493 e. The minimum absolute atomic E-state index is 0.0130. The number of hydrogen-bond acceptors (Lipinski definition) is 3. The van der Waals surface area contributed by atoms with Crippen molar-refractivity contribution in [3.8, 4) is 5.75 Å². The van der Waals surface area contributed by atoms with Gasteiger partial charge in [-0.05, 0) is 36.6 Å². The number of quaternary nitrogens is 1. The molecule has 2 saturated heterocycles. The van der Waals surface area contributed by atoms with E-state index in [0.717, 1.165) is 70.9 Å². The van der Waals surface area contributed by atoms with Crippen LogP contribution in [0.25, 0.3) is 0 Å². The summed E-state index contributed by atoms with van der Waals surface area (Å²) in [6.45, 7) is 8.41. The third-order valence-corrected chi connectivity index (χ3v) is 6.21. The Morgan fingerprint density at radius 3 is 2.78 bits per heavy atom. The highest BCUT2D eigenvalue weighted by atomic mass is 16.5. The number of ether oxygens (including phenoxy) is 1. The van der Waals surface area contributed by atoms with E-state index in [1.807, 2.05) is 9.80 Å². The number of piperidine rings is 1. The minimum atomic E-state index is -0.0130. The Hall–Kier alpha value is -2.08. The van der Waals surface area contributed by atoms with Crippen molar-refractivity contribution in [1.29, 1.82) is 0 Å². The standard InChI is InChI=1S/C21H29N3O3/c1-16(25)24-7-2-3-19(15-24)21(26)23-10-8-22(9-11-23)14-17-4-5-20-18(13-17)6-12-27-20/h4-5,13,19H,2-3,6-12,14-15H2,1H3/p+1/t19-/m1/s1. The number of carbonyl (C=O) groups is 2. The highest BCUT2D eigenvalue weighted by molar-refractivity contribution is 5.80. The summed E-state index contributed by atoms with van der Waals surface area (Å²) in [4.78, 5) is 29.9. The number of amides is 2. The molecule has 0 unspecified atom stereocenters. The molecule has 0 spiro atoms. The molecule has 0 bridgehead atoms. The number of nitrogens with one attached hydrogen (secondary N) is 1. The van der Waals surface area contributed by atoms with Gasteiger partial charge in [0.1, 0.15) is 12.3 Å². The topological polar surface area (TPSA) is 54.3 Å². The Morgan fingerprint density at radius 1 is 1.19 bits per heavy atom. The van der Waals surface area contributed by atoms with Crippen molar-refractivity contribution >= 4 is 11.8 Å². The molecule has 0 aliphatic carbocycles. The molecule has 1 N–H and O–H groups in total. The lowest BCUT2D eigenvalue weighted by Gasteiger charge is -2.37. The summed E-state index contributed by atoms with van der Waals surface area (Å²) in [5.74, 6) is 1.35. The second-order valence-electron chi connectivity index (χ2n) is 8.10. The second-order valence-corrected chi connectivity index (χ2v) is 8.10. The van der Waals surface area contributed by atoms with Gasteiger partial charge in [0.05, 0.1) is 38.7 Å². The maximum absolute atomic E-state index is 12.9. The monoisotopic (exact) mass is 372 g/mol. The zero-order valence-electron chi connectivity index (χ0n) is 16.2. The van der Waals surface area contributed by atoms with Crippen molar-refractivity contribution in [1.82, 2.24) is 9.80 Å². The Morgan fingerprint density at radius 2 is 2.00 bits per heavy atom. The van der Waals surface area contributed by atoms with Crippen molar-refractivity contribution in [2.45, 2.75) is 32.7 Å². The summed E-state index contributed by atoms with van der Waals surface area (Å²) in [5.41, 5.74) is 2.69. The Labute approximate surface area is 161 Å². The number of nitrogens with zero attached hydrogens (tertiary/aromatic N) is 2. The Bertz CT molecular complexity index is 713. The van der Waals surface area contributed by atoms with Gasteiger partial charge in [-0.2, -0.15) is 0 Å². The molecule has 0 radical (unpaired) electrons. The SMILES string of the molecule is CC(=O)N1CCC[C@@H](C(=O)N2CC[NH+](Cc3ccc4c(c3)CCO4)CC2)C1. The predicted octanol–water partition coefficient (Wildman–Crippen LogP) is 0.107. The zero-order valence-corrected chi connectivity index (χ0v) is 16.2. The fraction of sp³-hybridized carbons (Fsp3) is 0.619. The third-order valence-electron chi connectivity index (χ3n) is 6.21. The van der Waals surface area contributed by atoms with Crippen molar-refractivity contribution in [3.05, 3.63) is 29.3 Å². The summed E-state index contributed by atoms with van der Waals surface area (Å²) < 4.78 is 5.59. The highest BCUT2D eigenvalue weighted by Crippen LogP contribution is 2.25. The molecule has 0 saturated carbocycles. The van der Waals surface area contributed by atoms with E-state index in [0.29, 0.717) is 6.54 Å². The lowest BCUT2D eigenvalue weighted by atomic mass is 9.96. The lowest BCUT2D eigenvalue weighted by molar-refractivity contribution is -0.917. The molecule has 146 valence electrons. The first-order valence-corrected chi connectivity index (χ1v) is 10.2. The second kappa shape index (κ2) is 7.89. The van der Waals surface area contributed by atoms with E-state index in [2.05, 4.69) is 18.2 Å². The molecule has 2 amide bonds. The maximum atomic E-state index is 12.9. The van der Waals surface area contributed by atoms with Crippen molar-refractivity contribution in [3.63, 3.8) is 0 Å². The number of likely N-dealkylation sites (tertiary alicyclic amines) is 1. The van der Waals surface area contributed by atoms with Gasteiger partial charge in [-0.3, -0.25) is 9.59 Å². The van der Waals surface area contributed by atoms with Crippen molar-refractivity contribution in [2.75, 3.05) is 45.9 Å². The fourth-order valence-electron chi connectivity index (χ4n) is 4.58. The number of hydrogen-bond donors (Lipinski definition) is 1. The summed E-state index contributed by atoms with van der Waals surface area (Å²) in [6, 6.07) is 6.55.